The predicted molar refractivity (Wildman–Crippen MR) is 84.4 cm³/mol. The van der Waals surface area contributed by atoms with Crippen molar-refractivity contribution < 1.29 is 8.42 Å². The summed E-state index contributed by atoms with van der Waals surface area (Å²) in [7, 11) is -1.96. The lowest BCUT2D eigenvalue weighted by molar-refractivity contribution is 0.592. The van der Waals surface area contributed by atoms with Gasteiger partial charge in [-0.05, 0) is 24.6 Å². The highest BCUT2D eigenvalue weighted by Gasteiger charge is 2.23. The average molecular weight is 348 g/mol. The Labute approximate surface area is 133 Å². The van der Waals surface area contributed by atoms with Gasteiger partial charge in [0.2, 0.25) is 0 Å². The summed E-state index contributed by atoms with van der Waals surface area (Å²) in [5.74, 6) is -0.263. The number of benzene rings is 1. The minimum absolute atomic E-state index is 0.0437. The standard InChI is InChI=1S/C13H15Cl2N3O2S/c1-3-10-13(15)11(18(2)17-10)7-21(19,20)12-5-4-8(14)6-9(12)16/h4-6H,3,7,16H2,1-2H3. The van der Waals surface area contributed by atoms with Gasteiger partial charge in [0, 0.05) is 12.1 Å². The Kier molecular flexibility index (Phi) is 4.51. The highest BCUT2D eigenvalue weighted by Crippen LogP contribution is 2.29. The Bertz CT molecular complexity index is 785. The first-order chi connectivity index (χ1) is 9.76. The van der Waals surface area contributed by atoms with Gasteiger partial charge in [0.05, 0.1) is 32.7 Å². The van der Waals surface area contributed by atoms with E-state index in [1.807, 2.05) is 6.92 Å². The lowest BCUT2D eigenvalue weighted by Crippen LogP contribution is -2.11. The van der Waals surface area contributed by atoms with Crippen LogP contribution in [-0.4, -0.2) is 18.2 Å². The van der Waals surface area contributed by atoms with Crippen molar-refractivity contribution >= 4 is 38.7 Å². The fraction of sp³-hybridized carbons (Fsp3) is 0.308. The Morgan fingerprint density at radius 3 is 2.52 bits per heavy atom. The Morgan fingerprint density at radius 2 is 2.00 bits per heavy atom. The van der Waals surface area contributed by atoms with Gasteiger partial charge in [0.1, 0.15) is 0 Å². The summed E-state index contributed by atoms with van der Waals surface area (Å²) in [5.41, 5.74) is 6.99. The third kappa shape index (κ3) is 3.17. The van der Waals surface area contributed by atoms with Crippen LogP contribution in [0.5, 0.6) is 0 Å². The van der Waals surface area contributed by atoms with E-state index in [0.717, 1.165) is 0 Å². The van der Waals surface area contributed by atoms with Gasteiger partial charge in [-0.15, -0.1) is 0 Å². The van der Waals surface area contributed by atoms with Crippen LogP contribution in [0.2, 0.25) is 10.0 Å². The van der Waals surface area contributed by atoms with Gasteiger partial charge in [-0.1, -0.05) is 30.1 Å². The summed E-state index contributed by atoms with van der Waals surface area (Å²) in [4.78, 5) is 0.0437. The monoisotopic (exact) mass is 347 g/mol. The maximum atomic E-state index is 12.5. The van der Waals surface area contributed by atoms with Crippen LogP contribution in [0.1, 0.15) is 18.3 Å². The van der Waals surface area contributed by atoms with Crippen LogP contribution in [0, 0.1) is 0 Å². The molecule has 0 saturated carbocycles. The van der Waals surface area contributed by atoms with Crippen LogP contribution in [0.25, 0.3) is 0 Å². The molecule has 0 amide bonds. The van der Waals surface area contributed by atoms with Gasteiger partial charge >= 0.3 is 0 Å². The van der Waals surface area contributed by atoms with Crippen LogP contribution < -0.4 is 5.73 Å². The fourth-order valence-corrected chi connectivity index (χ4v) is 4.20. The molecule has 1 heterocycles. The zero-order valence-electron chi connectivity index (χ0n) is 11.6. The van der Waals surface area contributed by atoms with E-state index < -0.39 is 9.84 Å². The molecule has 1 aromatic carbocycles. The van der Waals surface area contributed by atoms with Crippen molar-refractivity contribution in [1.29, 1.82) is 0 Å². The van der Waals surface area contributed by atoms with Crippen molar-refractivity contribution in [2.45, 2.75) is 24.0 Å². The minimum atomic E-state index is -3.63. The summed E-state index contributed by atoms with van der Waals surface area (Å²) in [6.45, 7) is 1.91. The number of rotatable bonds is 4. The summed E-state index contributed by atoms with van der Waals surface area (Å²) in [5, 5.41) is 4.98. The maximum Gasteiger partial charge on any atom is 0.186 e. The first kappa shape index (κ1) is 16.1. The lowest BCUT2D eigenvalue weighted by atomic mass is 10.3. The van der Waals surface area contributed by atoms with Crippen molar-refractivity contribution in [3.63, 3.8) is 0 Å². The molecule has 2 rings (SSSR count). The zero-order valence-corrected chi connectivity index (χ0v) is 13.9. The minimum Gasteiger partial charge on any atom is -0.398 e. The van der Waals surface area contributed by atoms with Crippen molar-refractivity contribution in [1.82, 2.24) is 9.78 Å². The third-order valence-electron chi connectivity index (χ3n) is 3.14. The number of aromatic nitrogens is 2. The second-order valence-electron chi connectivity index (χ2n) is 4.63. The second kappa shape index (κ2) is 5.87. The molecule has 0 aliphatic heterocycles. The molecule has 0 fully saturated rings. The largest absolute Gasteiger partial charge is 0.398 e. The van der Waals surface area contributed by atoms with Gasteiger partial charge in [-0.25, -0.2) is 8.42 Å². The number of halogens is 2. The SMILES string of the molecule is CCc1nn(C)c(CS(=O)(=O)c2ccc(Cl)cc2N)c1Cl. The molecule has 2 N–H and O–H groups in total. The summed E-state index contributed by atoms with van der Waals surface area (Å²) >= 11 is 12.0. The molecule has 0 spiro atoms. The van der Waals surface area contributed by atoms with Crippen LogP contribution in [0.15, 0.2) is 23.1 Å². The smallest absolute Gasteiger partial charge is 0.186 e. The quantitative estimate of drug-likeness (QED) is 0.862. The van der Waals surface area contributed by atoms with E-state index in [1.165, 1.54) is 22.9 Å². The molecule has 0 saturated heterocycles. The number of nitrogens with two attached hydrogens (primary N) is 1. The van der Waals surface area contributed by atoms with E-state index in [2.05, 4.69) is 5.10 Å². The Balaban J connectivity index is 2.45. The topological polar surface area (TPSA) is 78.0 Å². The number of hydrogen-bond donors (Lipinski definition) is 1. The van der Waals surface area contributed by atoms with Crippen LogP contribution >= 0.6 is 23.2 Å². The highest BCUT2D eigenvalue weighted by molar-refractivity contribution is 7.90. The number of nitrogens with zero attached hydrogens (tertiary/aromatic N) is 2. The van der Waals surface area contributed by atoms with Gasteiger partial charge in [0.15, 0.2) is 9.84 Å². The van der Waals surface area contributed by atoms with Crippen molar-refractivity contribution in [2.75, 3.05) is 5.73 Å². The van der Waals surface area contributed by atoms with Crippen molar-refractivity contribution in [3.05, 3.63) is 39.6 Å². The van der Waals surface area contributed by atoms with Crippen molar-refractivity contribution in [2.24, 2.45) is 7.05 Å². The third-order valence-corrected chi connectivity index (χ3v) is 5.50. The van der Waals surface area contributed by atoms with Crippen molar-refractivity contribution in [3.8, 4) is 0 Å². The second-order valence-corrected chi connectivity index (χ2v) is 7.40. The molecule has 8 heteroatoms. The molecule has 0 bridgehead atoms. The van der Waals surface area contributed by atoms with Crippen LogP contribution in [0.3, 0.4) is 0 Å². The summed E-state index contributed by atoms with van der Waals surface area (Å²) in [6, 6.07) is 4.31. The van der Waals surface area contributed by atoms with E-state index in [9.17, 15) is 8.42 Å². The maximum absolute atomic E-state index is 12.5. The molecule has 5 nitrogen and oxygen atoms in total. The molecule has 1 aromatic heterocycles. The normalized spacial score (nSPS) is 11.8. The average Bonchev–Trinajstić information content (AvgIpc) is 2.65. The molecular weight excluding hydrogens is 333 g/mol. The van der Waals surface area contributed by atoms with Crippen LogP contribution in [0.4, 0.5) is 5.69 Å². The predicted octanol–water partition coefficient (Wildman–Crippen LogP) is 2.85. The molecule has 0 radical (unpaired) electrons. The molecule has 0 unspecified atom stereocenters. The molecule has 21 heavy (non-hydrogen) atoms. The molecule has 0 aliphatic rings. The Hall–Kier alpha value is -1.24. The van der Waals surface area contributed by atoms with Crippen LogP contribution in [-0.2, 0) is 29.1 Å². The summed E-state index contributed by atoms with van der Waals surface area (Å²) < 4.78 is 26.5. The van der Waals surface area contributed by atoms with E-state index in [4.69, 9.17) is 28.9 Å². The number of aryl methyl sites for hydroxylation is 2. The van der Waals surface area contributed by atoms with E-state index in [-0.39, 0.29) is 16.3 Å². The molecule has 114 valence electrons. The number of hydrogen-bond acceptors (Lipinski definition) is 4. The van der Waals surface area contributed by atoms with Gasteiger partial charge < -0.3 is 5.73 Å². The Morgan fingerprint density at radius 1 is 1.33 bits per heavy atom. The van der Waals surface area contributed by atoms with Gasteiger partial charge in [0.25, 0.3) is 0 Å². The fourth-order valence-electron chi connectivity index (χ4n) is 2.04. The first-order valence-electron chi connectivity index (χ1n) is 6.24. The zero-order chi connectivity index (χ0) is 15.8. The number of nitrogen functional groups attached to an aromatic ring is 1. The van der Waals surface area contributed by atoms with E-state index >= 15 is 0 Å². The molecule has 2 aromatic rings. The van der Waals surface area contributed by atoms with Gasteiger partial charge in [-0.3, -0.25) is 4.68 Å². The molecule has 0 atom stereocenters. The molecular formula is C13H15Cl2N3O2S. The van der Waals surface area contributed by atoms with Gasteiger partial charge in [-0.2, -0.15) is 5.10 Å². The number of anilines is 1. The highest BCUT2D eigenvalue weighted by atomic mass is 35.5. The first-order valence-corrected chi connectivity index (χ1v) is 8.65. The molecule has 0 aliphatic carbocycles. The summed E-state index contributed by atoms with van der Waals surface area (Å²) in [6.07, 6.45) is 0.635. The van der Waals surface area contributed by atoms with E-state index in [0.29, 0.717) is 27.9 Å². The number of sulfone groups is 1. The lowest BCUT2D eigenvalue weighted by Gasteiger charge is -2.08. The van der Waals surface area contributed by atoms with E-state index in [1.54, 1.807) is 7.05 Å².